The zero-order valence-corrected chi connectivity index (χ0v) is 73.9. The maximum atomic E-state index is 14.5. The summed E-state index contributed by atoms with van der Waals surface area (Å²) >= 11 is 8.53. The van der Waals surface area contributed by atoms with Crippen LogP contribution in [0, 0.1) is 0 Å². The van der Waals surface area contributed by atoms with Gasteiger partial charge < -0.3 is 114 Å². The molecule has 0 bridgehead atoms. The Labute approximate surface area is 755 Å². The average molecular weight is 1850 g/mol. The molecule has 14 amide bonds. The Morgan fingerprint density at radius 1 is 0.492 bits per heavy atom. The number of para-hydroxylation sites is 1. The van der Waals surface area contributed by atoms with E-state index in [1.165, 1.54) is 45.9 Å². The molecule has 11 atom stereocenters. The highest BCUT2D eigenvalue weighted by Gasteiger charge is 2.64. The van der Waals surface area contributed by atoms with Gasteiger partial charge in [0.15, 0.2) is 0 Å². The van der Waals surface area contributed by atoms with E-state index >= 15 is 0 Å². The van der Waals surface area contributed by atoms with Gasteiger partial charge in [-0.2, -0.15) is 25.3 Å². The molecular formula is C85H107N15O24S4. The third-order valence-corrected chi connectivity index (χ3v) is 24.2. The number of ether oxygens (including phenoxy) is 3. The Morgan fingerprint density at radius 3 is 1.52 bits per heavy atom. The lowest BCUT2D eigenvalue weighted by molar-refractivity contribution is -0.142. The van der Waals surface area contributed by atoms with Crippen LogP contribution in [0.15, 0.2) is 127 Å². The van der Waals surface area contributed by atoms with Crippen molar-refractivity contribution >= 4 is 153 Å². The van der Waals surface area contributed by atoms with Crippen molar-refractivity contribution in [2.75, 3.05) is 81.4 Å². The standard InChI is InChI=1S/C85H107N15O24S4/c1-47(101)88-42-65(99-83(121)124-44-55-53-18-10-8-16-51(53)52-17-9-11-19-54(52)55)82(120)97-63(40-72(109)110)80(118)98-66(45-127-128-84(2,3)4)75(113)87-29-31-123-33-32-122-30-26-68(103)90-61(38-70(105)106)78(116)95-60(37-49-22-24-50(102)25-23-49)77(115)92-57(27-34-125)74(112)89-43-69(104)91-64(41-85-46-100(85)67-21-13-12-20-56(67)85)81(119)93-58(28-35-126)76(114)96-62(39-71(107)108)79(117)94-59(73(86)111)36-48-14-6-5-7-15-48/h5-25,55,57-66,102,125-126H,26-46H2,1-4H3,(H2,86,111)(H,87,113)(H,88,101)(H,89,112)(H,90,103)(H,91,104)(H,92,115)(H,93,119)(H,94,117)(H,95,116)(H,96,114)(H,97,120)(H,98,118)(H,99,121)(H,105,106)(H,107,108)(H,109,110)/t57-,58-,59-,60-,61-,62-,63-,64-,65-,66-,85?,100?/m0/s1. The van der Waals surface area contributed by atoms with E-state index in [1.54, 1.807) is 36.4 Å². The highest BCUT2D eigenvalue weighted by Crippen LogP contribution is 2.61. The van der Waals surface area contributed by atoms with Crippen LogP contribution in [0.25, 0.3) is 11.1 Å². The molecule has 690 valence electrons. The number of carboxylic acids is 3. The molecule has 39 nitrogen and oxygen atoms in total. The number of anilines is 1. The van der Waals surface area contributed by atoms with E-state index in [4.69, 9.17) is 19.9 Å². The molecule has 0 spiro atoms. The molecule has 0 saturated carbocycles. The molecule has 128 heavy (non-hydrogen) atoms. The number of carboxylic acid groups (broad SMARTS) is 3. The van der Waals surface area contributed by atoms with E-state index in [1.807, 2.05) is 92.4 Å². The van der Waals surface area contributed by atoms with Crippen LogP contribution in [0.3, 0.4) is 0 Å². The van der Waals surface area contributed by atoms with E-state index in [0.717, 1.165) is 40.4 Å². The summed E-state index contributed by atoms with van der Waals surface area (Å²) < 4.78 is 16.5. The van der Waals surface area contributed by atoms with Crippen LogP contribution in [-0.4, -0.2) is 263 Å². The summed E-state index contributed by atoms with van der Waals surface area (Å²) in [5.41, 5.74) is 11.3. The zero-order chi connectivity index (χ0) is 93.4. The fourth-order valence-electron chi connectivity index (χ4n) is 14.0. The number of carbonyl (C=O) groups excluding carboxylic acids is 14. The third kappa shape index (κ3) is 31.4. The summed E-state index contributed by atoms with van der Waals surface area (Å²) in [5.74, 6) is -17.5. The lowest BCUT2D eigenvalue weighted by atomic mass is 9.85. The van der Waals surface area contributed by atoms with Crippen LogP contribution < -0.4 is 79.8 Å². The predicted molar refractivity (Wildman–Crippen MR) is 475 cm³/mol. The number of nitrogens with one attached hydrogen (secondary N) is 13. The van der Waals surface area contributed by atoms with Crippen LogP contribution in [0.4, 0.5) is 10.5 Å². The first-order valence-corrected chi connectivity index (χ1v) is 44.5. The molecule has 8 rings (SSSR count). The summed E-state index contributed by atoms with van der Waals surface area (Å²) in [4.78, 5) is 230. The number of nitrogens with two attached hydrogens (primary N) is 1. The van der Waals surface area contributed by atoms with E-state index in [9.17, 15) is 102 Å². The van der Waals surface area contributed by atoms with Crippen LogP contribution >= 0.6 is 46.8 Å². The molecule has 5 aromatic carbocycles. The van der Waals surface area contributed by atoms with Gasteiger partial charge in [-0.25, -0.2) is 4.79 Å². The number of phenolic OH excluding ortho intramolecular Hbond substituents is 1. The van der Waals surface area contributed by atoms with Crippen LogP contribution in [0.1, 0.15) is 106 Å². The first-order valence-electron chi connectivity index (χ1n) is 40.9. The van der Waals surface area contributed by atoms with Gasteiger partial charge in [0.2, 0.25) is 76.8 Å². The number of primary amides is 1. The number of hydrogen-bond acceptors (Lipinski definition) is 26. The fraction of sp³-hybridized carbons (Fsp3) is 0.447. The Balaban J connectivity index is 0.817. The molecular weight excluding hydrogens is 1740 g/mol. The lowest BCUT2D eigenvalue weighted by Crippen LogP contribution is -2.59. The Hall–Kier alpha value is -12.2. The van der Waals surface area contributed by atoms with Gasteiger partial charge in [-0.3, -0.25) is 76.7 Å². The molecule has 1 aliphatic carbocycles. The van der Waals surface area contributed by atoms with E-state index < -0.39 is 206 Å². The number of rotatable bonds is 54. The highest BCUT2D eigenvalue weighted by molar-refractivity contribution is 8.77. The molecule has 1 unspecified atom stereocenters. The van der Waals surface area contributed by atoms with Gasteiger partial charge in [-0.15, -0.1) is 0 Å². The van der Waals surface area contributed by atoms with Gasteiger partial charge in [-0.1, -0.05) is 152 Å². The molecule has 2 aliphatic heterocycles. The second-order valence-electron chi connectivity index (χ2n) is 31.2. The predicted octanol–water partition coefficient (Wildman–Crippen LogP) is 0.0880. The normalized spacial score (nSPS) is 15.6. The summed E-state index contributed by atoms with van der Waals surface area (Å²) in [6.07, 6.45) is -5.23. The Bertz CT molecular complexity index is 4780. The molecule has 0 aromatic heterocycles. The topological polar surface area (TPSA) is 584 Å². The number of hydrogen-bond donors (Lipinski definition) is 20. The van der Waals surface area contributed by atoms with Crippen LogP contribution in [-0.2, 0) is 109 Å². The van der Waals surface area contributed by atoms with Gasteiger partial charge in [0.1, 0.15) is 72.8 Å². The van der Waals surface area contributed by atoms with Crippen LogP contribution in [0.5, 0.6) is 5.75 Å². The first kappa shape index (κ1) is 101. The molecule has 0 radical (unpaired) electrons. The van der Waals surface area contributed by atoms with Crippen molar-refractivity contribution in [3.05, 3.63) is 155 Å². The maximum Gasteiger partial charge on any atom is 0.407 e. The smallest absolute Gasteiger partial charge is 0.407 e. The number of aromatic hydroxyl groups is 1. The Morgan fingerprint density at radius 2 is 0.953 bits per heavy atom. The second kappa shape index (κ2) is 49.2. The van der Waals surface area contributed by atoms with Crippen LogP contribution in [0.2, 0.25) is 0 Å². The number of aliphatic carboxylic acids is 3. The van der Waals surface area contributed by atoms with Crippen molar-refractivity contribution < 1.29 is 116 Å². The van der Waals surface area contributed by atoms with Crippen molar-refractivity contribution in [2.45, 2.75) is 162 Å². The van der Waals surface area contributed by atoms with Gasteiger partial charge >= 0.3 is 24.0 Å². The molecule has 3 aliphatic rings. The number of nitrogens with zero attached hydrogens (tertiary/aromatic N) is 1. The lowest BCUT2D eigenvalue weighted by Gasteiger charge is -2.34. The van der Waals surface area contributed by atoms with Gasteiger partial charge in [-0.05, 0) is 75.9 Å². The highest BCUT2D eigenvalue weighted by atomic mass is 33.1. The van der Waals surface area contributed by atoms with Crippen molar-refractivity contribution in [1.82, 2.24) is 69.1 Å². The number of fused-ring (bicyclic) bond motifs is 7. The van der Waals surface area contributed by atoms with Crippen molar-refractivity contribution in [3.8, 4) is 16.9 Å². The van der Waals surface area contributed by atoms with Crippen molar-refractivity contribution in [2.24, 2.45) is 5.73 Å². The molecule has 2 heterocycles. The molecule has 1 saturated heterocycles. The molecule has 19 N–H and O–H groups in total. The molecule has 1 fully saturated rings. The minimum atomic E-state index is -1.81. The van der Waals surface area contributed by atoms with Gasteiger partial charge in [0, 0.05) is 79.9 Å². The number of phenols is 1. The fourth-order valence-corrected chi connectivity index (χ4v) is 17.0. The first-order chi connectivity index (χ1) is 61.0. The third-order valence-electron chi connectivity index (χ3n) is 20.3. The number of amides is 14. The number of alkyl carbamates (subject to hydrolysis) is 1. The minimum absolute atomic E-state index is 0.0309. The number of benzene rings is 5. The van der Waals surface area contributed by atoms with E-state index in [-0.39, 0.29) is 105 Å². The van der Waals surface area contributed by atoms with Gasteiger partial charge in [0.25, 0.3) is 0 Å². The number of thiol groups is 2. The summed E-state index contributed by atoms with van der Waals surface area (Å²) in [6, 6.07) is 20.8. The maximum absolute atomic E-state index is 14.5. The molecule has 5 aromatic rings. The average Bonchev–Trinajstić information content (AvgIpc) is 1.50. The van der Waals surface area contributed by atoms with Gasteiger partial charge in [0.05, 0.1) is 57.8 Å². The minimum Gasteiger partial charge on any atom is -0.508 e. The summed E-state index contributed by atoms with van der Waals surface area (Å²) in [6.45, 7) is 5.15. The van der Waals surface area contributed by atoms with Crippen molar-refractivity contribution in [1.29, 1.82) is 0 Å². The van der Waals surface area contributed by atoms with E-state index in [2.05, 4.69) is 94.4 Å². The second-order valence-corrected chi connectivity index (χ2v) is 35.3. The molecule has 43 heteroatoms. The quantitative estimate of drug-likeness (QED) is 0.0106. The van der Waals surface area contributed by atoms with E-state index in [0.29, 0.717) is 17.7 Å². The summed E-state index contributed by atoms with van der Waals surface area (Å²) in [7, 11) is 2.61. The SMILES string of the molecule is CC(=O)NC[C@H](NC(=O)OCC1c2ccccc2-c2ccccc21)C(=O)N[C@@H](CC(=O)O)C(=O)N[C@@H](CSSC(C)(C)C)C(=O)NCCOCCOCCC(=O)N[C@@H](CC(=O)O)C(=O)N[C@@H](Cc1ccc(O)cc1)C(=O)N[C@@H](CCS)C(=O)NCC(=O)N[C@@H](CC12CN1c1ccccc12)C(=O)N[C@@H](CCS)C(=O)N[C@@H](CC(=O)O)C(=O)N[C@@H](Cc1ccccc1)C(N)=O. The largest absolute Gasteiger partial charge is 0.508 e. The monoisotopic (exact) mass is 1850 g/mol. The Kier molecular flexibility index (Phi) is 38.9. The number of carbonyl (C=O) groups is 17. The zero-order valence-electron chi connectivity index (χ0n) is 70.5. The van der Waals surface area contributed by atoms with Crippen molar-refractivity contribution in [3.63, 3.8) is 0 Å². The summed E-state index contributed by atoms with van der Waals surface area (Å²) in [5, 5.41) is 71.8.